The number of benzene rings is 2. The lowest BCUT2D eigenvalue weighted by Crippen LogP contribution is -2.22. The summed E-state index contributed by atoms with van der Waals surface area (Å²) in [7, 11) is 3.13. The van der Waals surface area contributed by atoms with Gasteiger partial charge in [-0.1, -0.05) is 12.1 Å². The first kappa shape index (κ1) is 17.9. The van der Waals surface area contributed by atoms with E-state index in [4.69, 9.17) is 9.47 Å². The Morgan fingerprint density at radius 3 is 2.81 bits per heavy atom. The average molecular weight is 417 g/mol. The number of methoxy groups -OCH3 is 2. The number of hydrogen-bond acceptors (Lipinski definition) is 5. The number of para-hydroxylation sites is 2. The van der Waals surface area contributed by atoms with Crippen molar-refractivity contribution in [3.05, 3.63) is 52.8 Å². The van der Waals surface area contributed by atoms with Crippen LogP contribution in [-0.4, -0.2) is 35.9 Å². The van der Waals surface area contributed by atoms with Gasteiger partial charge in [-0.15, -0.1) is 0 Å². The molecule has 2 aromatic carbocycles. The second-order valence-corrected chi connectivity index (χ2v) is 6.24. The highest BCUT2D eigenvalue weighted by Gasteiger charge is 2.09. The normalized spacial score (nSPS) is 11.0. The van der Waals surface area contributed by atoms with E-state index in [0.29, 0.717) is 17.1 Å². The third-order valence-electron chi connectivity index (χ3n) is 3.74. The van der Waals surface area contributed by atoms with Gasteiger partial charge in [0.25, 0.3) is 5.91 Å². The maximum Gasteiger partial charge on any atom is 0.260 e. The minimum Gasteiger partial charge on any atom is -0.496 e. The number of amides is 1. The predicted octanol–water partition coefficient (Wildman–Crippen LogP) is 2.97. The fraction of sp³-hybridized carbons (Fsp3) is 0.167. The zero-order valence-corrected chi connectivity index (χ0v) is 15.9. The maximum atomic E-state index is 12.1. The van der Waals surface area contributed by atoms with Crippen molar-refractivity contribution in [3.63, 3.8) is 0 Å². The van der Waals surface area contributed by atoms with E-state index in [1.54, 1.807) is 37.2 Å². The van der Waals surface area contributed by atoms with Crippen LogP contribution < -0.4 is 14.9 Å². The van der Waals surface area contributed by atoms with Crippen molar-refractivity contribution >= 4 is 39.1 Å². The van der Waals surface area contributed by atoms with Crippen molar-refractivity contribution < 1.29 is 14.3 Å². The second-order valence-electron chi connectivity index (χ2n) is 5.38. The molecule has 1 amide bonds. The molecule has 3 rings (SSSR count). The molecule has 0 aliphatic heterocycles. The molecule has 134 valence electrons. The van der Waals surface area contributed by atoms with Gasteiger partial charge in [-0.05, 0) is 34.1 Å². The fourth-order valence-electron chi connectivity index (χ4n) is 2.48. The van der Waals surface area contributed by atoms with Crippen molar-refractivity contribution in [2.45, 2.75) is 6.54 Å². The first-order valence-electron chi connectivity index (χ1n) is 7.75. The van der Waals surface area contributed by atoms with Gasteiger partial charge in [0.05, 0.1) is 42.3 Å². The van der Waals surface area contributed by atoms with E-state index in [2.05, 4.69) is 31.4 Å². The number of aromatic nitrogens is 2. The summed E-state index contributed by atoms with van der Waals surface area (Å²) in [6.07, 6.45) is 3.16. The summed E-state index contributed by atoms with van der Waals surface area (Å²) in [5.41, 5.74) is 4.96. The zero-order chi connectivity index (χ0) is 18.5. The Morgan fingerprint density at radius 2 is 2.04 bits per heavy atom. The molecule has 0 unspecified atom stereocenters. The molecule has 0 bridgehead atoms. The minimum absolute atomic E-state index is 0.126. The highest BCUT2D eigenvalue weighted by atomic mass is 79.9. The lowest BCUT2D eigenvalue weighted by Gasteiger charge is -2.09. The Morgan fingerprint density at radius 1 is 1.27 bits per heavy atom. The lowest BCUT2D eigenvalue weighted by atomic mass is 10.2. The number of rotatable bonds is 6. The van der Waals surface area contributed by atoms with Crippen molar-refractivity contribution in [1.29, 1.82) is 0 Å². The monoisotopic (exact) mass is 416 g/mol. The van der Waals surface area contributed by atoms with Crippen molar-refractivity contribution in [3.8, 4) is 11.5 Å². The predicted molar refractivity (Wildman–Crippen MR) is 103 cm³/mol. The lowest BCUT2D eigenvalue weighted by molar-refractivity contribution is -0.121. The molecular weight excluding hydrogens is 400 g/mol. The SMILES string of the molecule is COc1cc(OC)c(/C=N\NC(=O)Cn2cnc3ccccc32)cc1Br. The molecule has 0 atom stereocenters. The van der Waals surface area contributed by atoms with Crippen molar-refractivity contribution in [2.24, 2.45) is 5.10 Å². The molecule has 1 heterocycles. The van der Waals surface area contributed by atoms with Crippen LogP contribution in [0.2, 0.25) is 0 Å². The van der Waals surface area contributed by atoms with Gasteiger partial charge in [0.1, 0.15) is 18.0 Å². The van der Waals surface area contributed by atoms with Crippen LogP contribution in [-0.2, 0) is 11.3 Å². The van der Waals surface area contributed by atoms with Crippen molar-refractivity contribution in [1.82, 2.24) is 15.0 Å². The first-order chi connectivity index (χ1) is 12.6. The number of carbonyl (C=O) groups excluding carboxylic acids is 1. The van der Waals surface area contributed by atoms with E-state index < -0.39 is 0 Å². The maximum absolute atomic E-state index is 12.1. The standard InChI is InChI=1S/C18H17BrN4O3/c1-25-16-8-17(26-2)13(19)7-12(16)9-21-22-18(24)10-23-11-20-14-5-3-4-6-15(14)23/h3-9,11H,10H2,1-2H3,(H,22,24)/b21-9-. The Labute approximate surface area is 158 Å². The molecule has 7 nitrogen and oxygen atoms in total. The summed E-state index contributed by atoms with van der Waals surface area (Å²) in [6, 6.07) is 11.2. The molecule has 0 aliphatic rings. The molecule has 0 radical (unpaired) electrons. The van der Waals surface area contributed by atoms with Gasteiger partial charge < -0.3 is 14.0 Å². The summed E-state index contributed by atoms with van der Waals surface area (Å²) < 4.78 is 13.1. The molecule has 0 saturated heterocycles. The number of halogens is 1. The first-order valence-corrected chi connectivity index (χ1v) is 8.55. The number of nitrogens with one attached hydrogen (secondary N) is 1. The Bertz CT molecular complexity index is 968. The van der Waals surface area contributed by atoms with Gasteiger partial charge in [0, 0.05) is 11.6 Å². The van der Waals surface area contributed by atoms with Crippen LogP contribution in [0.4, 0.5) is 0 Å². The Kier molecular flexibility index (Phi) is 5.52. The zero-order valence-electron chi connectivity index (χ0n) is 14.3. The van der Waals surface area contributed by atoms with E-state index in [0.717, 1.165) is 15.5 Å². The quantitative estimate of drug-likeness (QED) is 0.494. The third-order valence-corrected chi connectivity index (χ3v) is 4.36. The molecule has 1 N–H and O–H groups in total. The average Bonchev–Trinajstić information content (AvgIpc) is 3.05. The van der Waals surface area contributed by atoms with Gasteiger partial charge >= 0.3 is 0 Å². The second kappa shape index (κ2) is 8.01. The number of hydrazone groups is 1. The van der Waals surface area contributed by atoms with Crippen LogP contribution >= 0.6 is 15.9 Å². The van der Waals surface area contributed by atoms with Crippen LogP contribution in [0.1, 0.15) is 5.56 Å². The molecule has 3 aromatic rings. The van der Waals surface area contributed by atoms with Crippen LogP contribution in [0, 0.1) is 0 Å². The van der Waals surface area contributed by atoms with Crippen LogP contribution in [0.5, 0.6) is 11.5 Å². The summed E-state index contributed by atoms with van der Waals surface area (Å²) in [4.78, 5) is 16.4. The Balaban J connectivity index is 1.68. The Hall–Kier alpha value is -2.87. The van der Waals surface area contributed by atoms with Gasteiger partial charge in [0.2, 0.25) is 0 Å². The highest BCUT2D eigenvalue weighted by Crippen LogP contribution is 2.31. The molecule has 0 spiro atoms. The fourth-order valence-corrected chi connectivity index (χ4v) is 3.01. The highest BCUT2D eigenvalue weighted by molar-refractivity contribution is 9.10. The number of hydrogen-bond donors (Lipinski definition) is 1. The molecule has 1 aromatic heterocycles. The van der Waals surface area contributed by atoms with E-state index in [1.165, 1.54) is 6.21 Å². The molecule has 26 heavy (non-hydrogen) atoms. The van der Waals surface area contributed by atoms with Crippen LogP contribution in [0.25, 0.3) is 11.0 Å². The number of fused-ring (bicyclic) bond motifs is 1. The molecular formula is C18H17BrN4O3. The van der Waals surface area contributed by atoms with Gasteiger partial charge in [-0.2, -0.15) is 5.10 Å². The van der Waals surface area contributed by atoms with Crippen LogP contribution in [0.15, 0.2) is 52.3 Å². The summed E-state index contributed by atoms with van der Waals surface area (Å²) in [5.74, 6) is 0.981. The van der Waals surface area contributed by atoms with E-state index >= 15 is 0 Å². The summed E-state index contributed by atoms with van der Waals surface area (Å²) in [6.45, 7) is 0.126. The van der Waals surface area contributed by atoms with Gasteiger partial charge in [-0.25, -0.2) is 10.4 Å². The summed E-state index contributed by atoms with van der Waals surface area (Å²) >= 11 is 3.41. The smallest absolute Gasteiger partial charge is 0.260 e. The largest absolute Gasteiger partial charge is 0.496 e. The van der Waals surface area contributed by atoms with Gasteiger partial charge in [0.15, 0.2) is 0 Å². The van der Waals surface area contributed by atoms with Crippen molar-refractivity contribution in [2.75, 3.05) is 14.2 Å². The molecule has 8 heteroatoms. The van der Waals surface area contributed by atoms with E-state index in [1.807, 2.05) is 24.3 Å². The number of carbonyl (C=O) groups is 1. The number of ether oxygens (including phenoxy) is 2. The number of nitrogens with zero attached hydrogens (tertiary/aromatic N) is 3. The molecule has 0 aliphatic carbocycles. The molecule has 0 fully saturated rings. The van der Waals surface area contributed by atoms with E-state index in [-0.39, 0.29) is 12.5 Å². The minimum atomic E-state index is -0.254. The van der Waals surface area contributed by atoms with Gasteiger partial charge in [-0.3, -0.25) is 4.79 Å². The van der Waals surface area contributed by atoms with E-state index in [9.17, 15) is 4.79 Å². The molecule has 0 saturated carbocycles. The third kappa shape index (κ3) is 3.85. The van der Waals surface area contributed by atoms with Crippen LogP contribution in [0.3, 0.4) is 0 Å². The topological polar surface area (TPSA) is 77.7 Å². The number of imidazole rings is 1. The summed E-state index contributed by atoms with van der Waals surface area (Å²) in [5, 5.41) is 4.01.